The summed E-state index contributed by atoms with van der Waals surface area (Å²) >= 11 is 4.38. The van der Waals surface area contributed by atoms with Gasteiger partial charge >= 0.3 is 0 Å². The van der Waals surface area contributed by atoms with Crippen LogP contribution < -0.4 is 5.32 Å². The molecule has 0 aromatic heterocycles. The van der Waals surface area contributed by atoms with Crippen molar-refractivity contribution in [1.29, 1.82) is 0 Å². The van der Waals surface area contributed by atoms with Crippen molar-refractivity contribution in [3.8, 4) is 0 Å². The minimum atomic E-state index is 0.667. The van der Waals surface area contributed by atoms with Crippen LogP contribution in [0.1, 0.15) is 26.2 Å². The van der Waals surface area contributed by atoms with E-state index in [-0.39, 0.29) is 0 Å². The van der Waals surface area contributed by atoms with E-state index in [0.717, 1.165) is 19.6 Å². The number of likely N-dealkylation sites (N-methyl/N-ethyl adjacent to an activating group) is 1. The van der Waals surface area contributed by atoms with Gasteiger partial charge in [0.2, 0.25) is 0 Å². The van der Waals surface area contributed by atoms with Crippen LogP contribution in [0.4, 0.5) is 0 Å². The Hall–Kier alpha value is 0.270. The van der Waals surface area contributed by atoms with Gasteiger partial charge < -0.3 is 5.32 Å². The Kier molecular flexibility index (Phi) is 4.26. The molecule has 0 radical (unpaired) electrons. The Bertz CT molecular complexity index is 108. The molecule has 0 aliphatic carbocycles. The highest BCUT2D eigenvalue weighted by molar-refractivity contribution is 7.77. The van der Waals surface area contributed by atoms with Gasteiger partial charge in [0.05, 0.1) is 0 Å². The molecule has 1 saturated heterocycles. The van der Waals surface area contributed by atoms with E-state index in [1.165, 1.54) is 19.3 Å². The third kappa shape index (κ3) is 3.45. The van der Waals surface area contributed by atoms with Gasteiger partial charge in [0.25, 0.3) is 0 Å². The van der Waals surface area contributed by atoms with Gasteiger partial charge in [0.15, 0.2) is 0 Å². The fourth-order valence-electron chi connectivity index (χ4n) is 1.58. The van der Waals surface area contributed by atoms with Gasteiger partial charge in [-0.15, -0.1) is 0 Å². The van der Waals surface area contributed by atoms with Crippen molar-refractivity contribution < 1.29 is 0 Å². The second kappa shape index (κ2) is 5.01. The van der Waals surface area contributed by atoms with E-state index in [1.807, 2.05) is 0 Å². The smallest absolute Gasteiger partial charge is 0.0241 e. The maximum atomic E-state index is 4.38. The second-order valence-corrected chi connectivity index (χ2v) is 3.73. The Morgan fingerprint density at radius 1 is 1.55 bits per heavy atom. The lowest BCUT2D eigenvalue weighted by atomic mass is 10.1. The van der Waals surface area contributed by atoms with Gasteiger partial charge in [-0.1, -0.05) is 26.2 Å². The van der Waals surface area contributed by atoms with Crippen molar-refractivity contribution in [2.24, 2.45) is 0 Å². The van der Waals surface area contributed by atoms with Crippen LogP contribution in [0, 0.1) is 0 Å². The van der Waals surface area contributed by atoms with E-state index in [2.05, 4.69) is 29.4 Å². The van der Waals surface area contributed by atoms with E-state index < -0.39 is 0 Å². The van der Waals surface area contributed by atoms with E-state index in [1.54, 1.807) is 0 Å². The molecule has 0 bridgehead atoms. The van der Waals surface area contributed by atoms with Crippen LogP contribution >= 0.6 is 12.8 Å². The van der Waals surface area contributed by atoms with Crippen molar-refractivity contribution in [1.82, 2.24) is 9.62 Å². The van der Waals surface area contributed by atoms with E-state index in [0.29, 0.717) is 6.04 Å². The highest BCUT2D eigenvalue weighted by atomic mass is 32.1. The average molecular weight is 174 g/mol. The maximum absolute atomic E-state index is 4.38. The molecule has 1 fully saturated rings. The first kappa shape index (κ1) is 9.36. The monoisotopic (exact) mass is 174 g/mol. The summed E-state index contributed by atoms with van der Waals surface area (Å²) in [6, 6.07) is 0.667. The molecular weight excluding hydrogens is 156 g/mol. The average Bonchev–Trinajstić information content (AvgIpc) is 2.15. The van der Waals surface area contributed by atoms with Gasteiger partial charge in [-0.05, 0) is 19.4 Å². The molecular formula is C8H18N2S. The van der Waals surface area contributed by atoms with E-state index in [9.17, 15) is 0 Å². The first-order valence-corrected chi connectivity index (χ1v) is 4.90. The second-order valence-electron chi connectivity index (χ2n) is 3.16. The van der Waals surface area contributed by atoms with Crippen molar-refractivity contribution in [2.75, 3.05) is 19.6 Å². The van der Waals surface area contributed by atoms with Crippen LogP contribution in [0.15, 0.2) is 0 Å². The normalized spacial score (nSPS) is 28.4. The van der Waals surface area contributed by atoms with Gasteiger partial charge in [0, 0.05) is 19.1 Å². The number of rotatable bonds is 2. The van der Waals surface area contributed by atoms with Crippen molar-refractivity contribution in [3.05, 3.63) is 0 Å². The quantitative estimate of drug-likeness (QED) is 0.613. The molecule has 0 spiro atoms. The highest BCUT2D eigenvalue weighted by Gasteiger charge is 2.14. The molecule has 66 valence electrons. The van der Waals surface area contributed by atoms with Crippen molar-refractivity contribution in [2.45, 2.75) is 32.2 Å². The van der Waals surface area contributed by atoms with Gasteiger partial charge in [-0.3, -0.25) is 4.31 Å². The van der Waals surface area contributed by atoms with Gasteiger partial charge in [0.1, 0.15) is 0 Å². The van der Waals surface area contributed by atoms with Crippen molar-refractivity contribution in [3.63, 3.8) is 0 Å². The summed E-state index contributed by atoms with van der Waals surface area (Å²) < 4.78 is 2.13. The Labute approximate surface area is 74.9 Å². The Morgan fingerprint density at radius 2 is 2.36 bits per heavy atom. The van der Waals surface area contributed by atoms with Crippen LogP contribution in [0.2, 0.25) is 0 Å². The third-order valence-corrected chi connectivity index (χ3v) is 2.51. The summed E-state index contributed by atoms with van der Waals surface area (Å²) in [4.78, 5) is 0. The molecule has 3 heteroatoms. The lowest BCUT2D eigenvalue weighted by Crippen LogP contribution is -2.36. The zero-order chi connectivity index (χ0) is 8.10. The summed E-state index contributed by atoms with van der Waals surface area (Å²) in [6.07, 6.45) is 3.95. The summed E-state index contributed by atoms with van der Waals surface area (Å²) in [7, 11) is 0. The summed E-state index contributed by atoms with van der Waals surface area (Å²) in [5.41, 5.74) is 0. The molecule has 11 heavy (non-hydrogen) atoms. The number of nitrogens with zero attached hydrogens (tertiary/aromatic N) is 1. The number of hydrogen-bond donors (Lipinski definition) is 2. The molecule has 0 aromatic rings. The Morgan fingerprint density at radius 3 is 3.09 bits per heavy atom. The largest absolute Gasteiger partial charge is 0.313 e. The molecule has 0 aromatic carbocycles. The molecule has 1 N–H and O–H groups in total. The van der Waals surface area contributed by atoms with Crippen LogP contribution in [0.25, 0.3) is 0 Å². The van der Waals surface area contributed by atoms with Crippen LogP contribution in [0.3, 0.4) is 0 Å². The molecule has 1 unspecified atom stereocenters. The summed E-state index contributed by atoms with van der Waals surface area (Å²) in [6.45, 7) is 5.47. The molecule has 1 rings (SSSR count). The minimum absolute atomic E-state index is 0.667. The molecule has 0 saturated carbocycles. The lowest BCUT2D eigenvalue weighted by molar-refractivity contribution is 0.415. The van der Waals surface area contributed by atoms with Gasteiger partial charge in [-0.25, -0.2) is 0 Å². The Balaban J connectivity index is 2.27. The first-order chi connectivity index (χ1) is 5.33. The molecule has 1 heterocycles. The zero-order valence-electron chi connectivity index (χ0n) is 7.21. The fourth-order valence-corrected chi connectivity index (χ4v) is 1.92. The van der Waals surface area contributed by atoms with Crippen LogP contribution in [-0.4, -0.2) is 30.0 Å². The first-order valence-electron chi connectivity index (χ1n) is 4.50. The van der Waals surface area contributed by atoms with Gasteiger partial charge in [-0.2, -0.15) is 0 Å². The number of hydrogen-bond acceptors (Lipinski definition) is 3. The SMILES string of the molecule is CCNC1CCCCN(S)C1. The maximum Gasteiger partial charge on any atom is 0.0241 e. The molecule has 0 amide bonds. The predicted octanol–water partition coefficient (Wildman–Crippen LogP) is 1.30. The van der Waals surface area contributed by atoms with E-state index >= 15 is 0 Å². The lowest BCUT2D eigenvalue weighted by Gasteiger charge is -2.19. The van der Waals surface area contributed by atoms with Crippen LogP contribution in [-0.2, 0) is 0 Å². The zero-order valence-corrected chi connectivity index (χ0v) is 8.11. The third-order valence-electron chi connectivity index (χ3n) is 2.14. The molecule has 1 aliphatic rings. The summed E-state index contributed by atoms with van der Waals surface area (Å²) in [5.74, 6) is 0. The van der Waals surface area contributed by atoms with Crippen molar-refractivity contribution >= 4 is 12.8 Å². The van der Waals surface area contributed by atoms with E-state index in [4.69, 9.17) is 0 Å². The highest BCUT2D eigenvalue weighted by Crippen LogP contribution is 2.11. The standard InChI is InChI=1S/C8H18N2S/c1-2-9-8-5-3-4-6-10(11)7-8/h8-9,11H,2-7H2,1H3. The summed E-state index contributed by atoms with van der Waals surface area (Å²) in [5, 5.41) is 3.46. The molecule has 1 atom stereocenters. The topological polar surface area (TPSA) is 15.3 Å². The molecule has 1 aliphatic heterocycles. The predicted molar refractivity (Wildman–Crippen MR) is 51.9 cm³/mol. The fraction of sp³-hybridized carbons (Fsp3) is 1.00. The van der Waals surface area contributed by atoms with Crippen LogP contribution in [0.5, 0.6) is 0 Å². The minimum Gasteiger partial charge on any atom is -0.313 e. The number of thiol groups is 1. The molecule has 2 nitrogen and oxygen atoms in total. The number of nitrogens with one attached hydrogen (secondary N) is 1.